The molecule has 0 bridgehead atoms. The van der Waals surface area contributed by atoms with Crippen molar-refractivity contribution in [3.63, 3.8) is 0 Å². The van der Waals surface area contributed by atoms with Crippen LogP contribution >= 0.6 is 22.6 Å². The molecule has 1 fully saturated rings. The second kappa shape index (κ2) is 4.33. The largest absolute Gasteiger partial charge is 0.491 e. The number of hydrogen-bond donors (Lipinski definition) is 0. The van der Waals surface area contributed by atoms with Crippen LogP contribution in [0.5, 0.6) is 11.6 Å². The maximum atomic E-state index is 5.59. The first kappa shape index (κ1) is 10.0. The summed E-state index contributed by atoms with van der Waals surface area (Å²) in [5.41, 5.74) is 0. The molecule has 0 aromatic carbocycles. The molecule has 0 N–H and O–H groups in total. The highest BCUT2D eigenvalue weighted by molar-refractivity contribution is 14.1. The minimum absolute atomic E-state index is 0.617. The molecule has 76 valence electrons. The molecule has 0 spiro atoms. The third kappa shape index (κ3) is 2.50. The SMILES string of the molecule is COc1ccc(I)nc1OCC1CC1. The Morgan fingerprint density at radius 3 is 2.93 bits per heavy atom. The van der Waals surface area contributed by atoms with E-state index in [-0.39, 0.29) is 0 Å². The molecule has 0 amide bonds. The fourth-order valence-corrected chi connectivity index (χ4v) is 1.54. The summed E-state index contributed by atoms with van der Waals surface area (Å²) in [6.45, 7) is 0.767. The predicted octanol–water partition coefficient (Wildman–Crippen LogP) is 2.48. The van der Waals surface area contributed by atoms with Crippen molar-refractivity contribution in [2.45, 2.75) is 12.8 Å². The third-order valence-corrected chi connectivity index (χ3v) is 2.76. The Bertz CT molecular complexity index is 326. The molecule has 0 saturated heterocycles. The topological polar surface area (TPSA) is 31.4 Å². The number of hydrogen-bond acceptors (Lipinski definition) is 3. The van der Waals surface area contributed by atoms with E-state index in [1.54, 1.807) is 7.11 Å². The summed E-state index contributed by atoms with van der Waals surface area (Å²) in [6.07, 6.45) is 2.57. The van der Waals surface area contributed by atoms with Crippen LogP contribution in [-0.4, -0.2) is 18.7 Å². The van der Waals surface area contributed by atoms with Gasteiger partial charge in [-0.05, 0) is 53.5 Å². The molecule has 14 heavy (non-hydrogen) atoms. The molecular weight excluding hydrogens is 293 g/mol. The number of ether oxygens (including phenoxy) is 2. The first-order valence-electron chi connectivity index (χ1n) is 4.63. The van der Waals surface area contributed by atoms with Gasteiger partial charge in [0.1, 0.15) is 3.70 Å². The van der Waals surface area contributed by atoms with Crippen LogP contribution in [0.2, 0.25) is 0 Å². The summed E-state index contributed by atoms with van der Waals surface area (Å²) in [5.74, 6) is 2.07. The van der Waals surface area contributed by atoms with Gasteiger partial charge in [-0.25, -0.2) is 4.98 Å². The summed E-state index contributed by atoms with van der Waals surface area (Å²) in [4.78, 5) is 4.28. The lowest BCUT2D eigenvalue weighted by molar-refractivity contribution is 0.268. The average molecular weight is 305 g/mol. The summed E-state index contributed by atoms with van der Waals surface area (Å²) in [6, 6.07) is 3.79. The third-order valence-electron chi connectivity index (χ3n) is 2.16. The maximum absolute atomic E-state index is 5.59. The molecule has 1 aromatic heterocycles. The van der Waals surface area contributed by atoms with Gasteiger partial charge < -0.3 is 9.47 Å². The molecule has 1 heterocycles. The quantitative estimate of drug-likeness (QED) is 0.632. The zero-order valence-corrected chi connectivity index (χ0v) is 10.2. The Hall–Kier alpha value is -0.520. The van der Waals surface area contributed by atoms with Gasteiger partial charge in [0, 0.05) is 0 Å². The first-order valence-corrected chi connectivity index (χ1v) is 5.71. The average Bonchev–Trinajstić information content (AvgIpc) is 2.98. The molecule has 0 aliphatic heterocycles. The zero-order chi connectivity index (χ0) is 9.97. The zero-order valence-electron chi connectivity index (χ0n) is 8.00. The van der Waals surface area contributed by atoms with Gasteiger partial charge in [0.2, 0.25) is 0 Å². The standard InChI is InChI=1S/C10H12INO2/c1-13-8-4-5-9(11)12-10(8)14-6-7-2-3-7/h4-5,7H,2-3,6H2,1H3. The highest BCUT2D eigenvalue weighted by atomic mass is 127. The second-order valence-corrected chi connectivity index (χ2v) is 4.50. The summed E-state index contributed by atoms with van der Waals surface area (Å²) < 4.78 is 11.7. The summed E-state index contributed by atoms with van der Waals surface area (Å²) in [7, 11) is 1.63. The monoisotopic (exact) mass is 305 g/mol. The van der Waals surface area contributed by atoms with Crippen molar-refractivity contribution < 1.29 is 9.47 Å². The van der Waals surface area contributed by atoms with Crippen molar-refractivity contribution in [3.8, 4) is 11.6 Å². The number of methoxy groups -OCH3 is 1. The van der Waals surface area contributed by atoms with Crippen molar-refractivity contribution in [1.82, 2.24) is 4.98 Å². The Balaban J connectivity index is 2.07. The van der Waals surface area contributed by atoms with Gasteiger partial charge in [-0.3, -0.25) is 0 Å². The van der Waals surface area contributed by atoms with Crippen LogP contribution in [0.4, 0.5) is 0 Å². The Morgan fingerprint density at radius 2 is 2.29 bits per heavy atom. The Morgan fingerprint density at radius 1 is 1.50 bits per heavy atom. The van der Waals surface area contributed by atoms with E-state index in [4.69, 9.17) is 9.47 Å². The number of halogens is 1. The van der Waals surface area contributed by atoms with E-state index in [0.717, 1.165) is 16.2 Å². The van der Waals surface area contributed by atoms with E-state index in [1.165, 1.54) is 12.8 Å². The lowest BCUT2D eigenvalue weighted by atomic mass is 10.4. The minimum atomic E-state index is 0.617. The number of rotatable bonds is 4. The summed E-state index contributed by atoms with van der Waals surface area (Å²) >= 11 is 2.16. The van der Waals surface area contributed by atoms with Gasteiger partial charge in [-0.2, -0.15) is 0 Å². The number of pyridine rings is 1. The molecule has 1 saturated carbocycles. The van der Waals surface area contributed by atoms with Crippen molar-refractivity contribution in [1.29, 1.82) is 0 Å². The Kier molecular flexibility index (Phi) is 3.10. The van der Waals surface area contributed by atoms with Crippen LogP contribution in [0.3, 0.4) is 0 Å². The van der Waals surface area contributed by atoms with Crippen molar-refractivity contribution in [2.75, 3.05) is 13.7 Å². The molecule has 1 aromatic rings. The van der Waals surface area contributed by atoms with E-state index in [0.29, 0.717) is 11.6 Å². The van der Waals surface area contributed by atoms with Crippen molar-refractivity contribution in [3.05, 3.63) is 15.8 Å². The summed E-state index contributed by atoms with van der Waals surface area (Å²) in [5, 5.41) is 0. The molecule has 3 nitrogen and oxygen atoms in total. The minimum Gasteiger partial charge on any atom is -0.491 e. The molecule has 2 rings (SSSR count). The molecule has 0 radical (unpaired) electrons. The first-order chi connectivity index (χ1) is 6.79. The van der Waals surface area contributed by atoms with Gasteiger partial charge >= 0.3 is 0 Å². The number of aromatic nitrogens is 1. The van der Waals surface area contributed by atoms with Crippen molar-refractivity contribution in [2.24, 2.45) is 5.92 Å². The molecule has 1 aliphatic carbocycles. The van der Waals surface area contributed by atoms with E-state index >= 15 is 0 Å². The fourth-order valence-electron chi connectivity index (χ4n) is 1.15. The van der Waals surface area contributed by atoms with E-state index in [1.807, 2.05) is 12.1 Å². The second-order valence-electron chi connectivity index (χ2n) is 3.40. The maximum Gasteiger partial charge on any atom is 0.258 e. The van der Waals surface area contributed by atoms with Crippen molar-refractivity contribution >= 4 is 22.6 Å². The lowest BCUT2D eigenvalue weighted by Gasteiger charge is -2.08. The lowest BCUT2D eigenvalue weighted by Crippen LogP contribution is -2.03. The van der Waals surface area contributed by atoms with Gasteiger partial charge in [0.05, 0.1) is 13.7 Å². The Labute approximate surface area is 97.0 Å². The predicted molar refractivity (Wildman–Crippen MR) is 61.7 cm³/mol. The number of nitrogens with zero attached hydrogens (tertiary/aromatic N) is 1. The smallest absolute Gasteiger partial charge is 0.258 e. The molecule has 1 aliphatic rings. The highest BCUT2D eigenvalue weighted by Crippen LogP contribution is 2.31. The van der Waals surface area contributed by atoms with Gasteiger partial charge in [0.15, 0.2) is 5.75 Å². The molecule has 0 atom stereocenters. The molecule has 4 heteroatoms. The molecular formula is C10H12INO2. The van der Waals surface area contributed by atoms with E-state index < -0.39 is 0 Å². The van der Waals surface area contributed by atoms with Crippen LogP contribution in [0.25, 0.3) is 0 Å². The van der Waals surface area contributed by atoms with Crippen LogP contribution < -0.4 is 9.47 Å². The van der Waals surface area contributed by atoms with Crippen LogP contribution in [0.15, 0.2) is 12.1 Å². The fraction of sp³-hybridized carbons (Fsp3) is 0.500. The van der Waals surface area contributed by atoms with Crippen LogP contribution in [0.1, 0.15) is 12.8 Å². The molecule has 0 unspecified atom stereocenters. The highest BCUT2D eigenvalue weighted by Gasteiger charge is 2.22. The van der Waals surface area contributed by atoms with Gasteiger partial charge in [-0.15, -0.1) is 0 Å². The van der Waals surface area contributed by atoms with Crippen LogP contribution in [0, 0.1) is 9.62 Å². The van der Waals surface area contributed by atoms with Gasteiger partial charge in [-0.1, -0.05) is 0 Å². The van der Waals surface area contributed by atoms with Gasteiger partial charge in [0.25, 0.3) is 5.88 Å². The van der Waals surface area contributed by atoms with Crippen LogP contribution in [-0.2, 0) is 0 Å². The normalized spacial score (nSPS) is 15.3. The van der Waals surface area contributed by atoms with E-state index in [2.05, 4.69) is 27.6 Å². The van der Waals surface area contributed by atoms with E-state index in [9.17, 15) is 0 Å².